The molecule has 0 fully saturated rings. The van der Waals surface area contributed by atoms with Gasteiger partial charge in [-0.25, -0.2) is 8.42 Å². The van der Waals surface area contributed by atoms with Gasteiger partial charge in [0.15, 0.2) is 0 Å². The Balaban J connectivity index is -0.0000000267. The van der Waals surface area contributed by atoms with Gasteiger partial charge in [0.25, 0.3) is 0 Å². The van der Waals surface area contributed by atoms with Gasteiger partial charge < -0.3 is 9.66 Å². The van der Waals surface area contributed by atoms with Gasteiger partial charge in [-0.3, -0.25) is 0 Å². The molecule has 0 aliphatic heterocycles. The molecule has 0 aromatic heterocycles. The SMILES string of the molecule is CCC.CCC.CS(=O)(=O)[O-].C[O-].[Sn+2]. The molecule has 88 valence electrons. The molecule has 0 aromatic rings. The molecule has 0 unspecified atom stereocenters. The molecule has 0 spiro atoms. The second kappa shape index (κ2) is 29.2. The van der Waals surface area contributed by atoms with E-state index >= 15 is 0 Å². The summed E-state index contributed by atoms with van der Waals surface area (Å²) < 4.78 is 27.2. The van der Waals surface area contributed by atoms with Crippen LogP contribution in [0.5, 0.6) is 0 Å². The quantitative estimate of drug-likeness (QED) is 0.480. The Morgan fingerprint density at radius 3 is 0.929 bits per heavy atom. The second-order valence-corrected chi connectivity index (χ2v) is 3.53. The summed E-state index contributed by atoms with van der Waals surface area (Å²) in [5.41, 5.74) is 0. The van der Waals surface area contributed by atoms with Crippen molar-refractivity contribution in [1.82, 2.24) is 0 Å². The largest absolute Gasteiger partial charge is 2.00 e. The van der Waals surface area contributed by atoms with Crippen molar-refractivity contribution >= 4 is 34.0 Å². The smallest absolute Gasteiger partial charge is 0.857 e. The van der Waals surface area contributed by atoms with Crippen LogP contribution in [-0.2, 0) is 10.1 Å². The Morgan fingerprint density at radius 2 is 0.929 bits per heavy atom. The van der Waals surface area contributed by atoms with Gasteiger partial charge in [0.1, 0.15) is 0 Å². The van der Waals surface area contributed by atoms with Crippen LogP contribution < -0.4 is 5.11 Å². The Kier molecular flexibility index (Phi) is 61.1. The third kappa shape index (κ3) is 3860. The maximum atomic E-state index is 9.08. The van der Waals surface area contributed by atoms with Crippen molar-refractivity contribution < 1.29 is 18.1 Å². The van der Waals surface area contributed by atoms with Crippen molar-refractivity contribution in [2.75, 3.05) is 13.4 Å². The molecule has 0 atom stereocenters. The summed E-state index contributed by atoms with van der Waals surface area (Å²) in [4.78, 5) is 0. The van der Waals surface area contributed by atoms with Crippen molar-refractivity contribution in [3.63, 3.8) is 0 Å². The number of hydrogen-bond acceptors (Lipinski definition) is 4. The summed E-state index contributed by atoms with van der Waals surface area (Å²) in [6.07, 6.45) is 3.10. The fourth-order valence-electron chi connectivity index (χ4n) is 0. The summed E-state index contributed by atoms with van der Waals surface area (Å²) >= 11 is 0. The fraction of sp³-hybridized carbons (Fsp3) is 1.00. The average molecular weight is 333 g/mol. The molecule has 0 N–H and O–H groups in total. The first kappa shape index (κ1) is 29.3. The van der Waals surface area contributed by atoms with E-state index in [9.17, 15) is 0 Å². The predicted molar refractivity (Wildman–Crippen MR) is 59.2 cm³/mol. The van der Waals surface area contributed by atoms with Crippen LogP contribution in [0, 0.1) is 0 Å². The zero-order valence-electron chi connectivity index (χ0n) is 9.96. The molecule has 14 heavy (non-hydrogen) atoms. The van der Waals surface area contributed by atoms with E-state index in [0.29, 0.717) is 6.26 Å². The standard InChI is InChI=1S/2C3H8.CH4O3S.CH3O.Sn/c2*1-3-2;1-5(2,3)4;1-2;/h2*3H2,1-2H3;1H3,(H,2,3,4);1H3;/q;;;-1;+2/p-1. The van der Waals surface area contributed by atoms with Gasteiger partial charge in [0.2, 0.25) is 0 Å². The third-order valence-electron chi connectivity index (χ3n) is 0. The zero-order valence-corrected chi connectivity index (χ0v) is 13.6. The van der Waals surface area contributed by atoms with E-state index in [1.807, 2.05) is 0 Å². The first-order valence-corrected chi connectivity index (χ1v) is 5.96. The van der Waals surface area contributed by atoms with Crippen LogP contribution in [0.1, 0.15) is 40.5 Å². The van der Waals surface area contributed by atoms with Crippen LogP contribution >= 0.6 is 0 Å². The van der Waals surface area contributed by atoms with E-state index in [2.05, 4.69) is 27.7 Å². The van der Waals surface area contributed by atoms with Gasteiger partial charge in [-0.1, -0.05) is 40.5 Å². The summed E-state index contributed by atoms with van der Waals surface area (Å²) in [6, 6.07) is 0. The predicted octanol–water partition coefficient (Wildman–Crippen LogP) is 0.590. The minimum absolute atomic E-state index is 0. The molecule has 0 heterocycles. The molecule has 0 aromatic carbocycles. The Bertz CT molecular complexity index is 124. The van der Waals surface area contributed by atoms with E-state index in [4.69, 9.17) is 18.1 Å². The molecule has 0 saturated heterocycles. The molecule has 4 nitrogen and oxygen atoms in total. The van der Waals surface area contributed by atoms with Crippen molar-refractivity contribution in [3.8, 4) is 0 Å². The Labute approximate surface area is 106 Å². The van der Waals surface area contributed by atoms with Crippen LogP contribution in [-0.4, -0.2) is 50.2 Å². The van der Waals surface area contributed by atoms with Crippen LogP contribution in [0.2, 0.25) is 0 Å². The van der Waals surface area contributed by atoms with Gasteiger partial charge in [-0.2, -0.15) is 7.11 Å². The first-order chi connectivity index (χ1) is 5.83. The van der Waals surface area contributed by atoms with Crippen molar-refractivity contribution in [2.45, 2.75) is 40.5 Å². The first-order valence-electron chi connectivity index (χ1n) is 4.14. The number of hydrogen-bond donors (Lipinski definition) is 0. The molecular formula is C8H22O4SSn. The normalized spacial score (nSPS) is 7.14. The molecular weight excluding hydrogens is 311 g/mol. The van der Waals surface area contributed by atoms with Gasteiger partial charge >= 0.3 is 23.9 Å². The van der Waals surface area contributed by atoms with Crippen LogP contribution in [0.25, 0.3) is 0 Å². The van der Waals surface area contributed by atoms with Gasteiger partial charge in [-0.15, -0.1) is 0 Å². The molecule has 0 aliphatic carbocycles. The molecule has 0 aliphatic rings. The average Bonchev–Trinajstić information content (AvgIpc) is 1.90. The molecule has 6 heteroatoms. The van der Waals surface area contributed by atoms with Crippen LogP contribution in [0.15, 0.2) is 0 Å². The van der Waals surface area contributed by atoms with E-state index in [1.165, 1.54) is 12.8 Å². The van der Waals surface area contributed by atoms with E-state index < -0.39 is 10.1 Å². The van der Waals surface area contributed by atoms with Gasteiger partial charge in [0, 0.05) is 6.26 Å². The third-order valence-corrected chi connectivity index (χ3v) is 0. The fourth-order valence-corrected chi connectivity index (χ4v) is 0. The summed E-state index contributed by atoms with van der Waals surface area (Å²) in [5, 5.41) is 8.25. The van der Waals surface area contributed by atoms with E-state index in [-0.39, 0.29) is 23.9 Å². The van der Waals surface area contributed by atoms with Crippen molar-refractivity contribution in [1.29, 1.82) is 0 Å². The summed E-state index contributed by atoms with van der Waals surface area (Å²) in [7, 11) is -3.17. The Hall–Kier alpha value is 0.669. The molecule has 0 bridgehead atoms. The summed E-state index contributed by atoms with van der Waals surface area (Å²) in [5.74, 6) is 0. The van der Waals surface area contributed by atoms with Gasteiger partial charge in [0.05, 0.1) is 10.1 Å². The molecule has 0 saturated carbocycles. The maximum absolute atomic E-state index is 9.08. The molecule has 0 amide bonds. The van der Waals surface area contributed by atoms with E-state index in [1.54, 1.807) is 0 Å². The Morgan fingerprint density at radius 1 is 0.929 bits per heavy atom. The molecule has 0 rings (SSSR count). The van der Waals surface area contributed by atoms with Crippen LogP contribution in [0.4, 0.5) is 0 Å². The topological polar surface area (TPSA) is 80.3 Å². The minimum atomic E-state index is -3.92. The minimum Gasteiger partial charge on any atom is -0.857 e. The van der Waals surface area contributed by atoms with Crippen molar-refractivity contribution in [2.24, 2.45) is 0 Å². The molecule has 2 radical (unpaired) electrons. The monoisotopic (exact) mass is 334 g/mol. The second-order valence-electron chi connectivity index (χ2n) is 2.12. The summed E-state index contributed by atoms with van der Waals surface area (Å²) in [6.45, 7) is 8.50. The maximum Gasteiger partial charge on any atom is 2.00 e. The van der Waals surface area contributed by atoms with Crippen LogP contribution in [0.3, 0.4) is 0 Å². The number of rotatable bonds is 0. The van der Waals surface area contributed by atoms with Gasteiger partial charge in [-0.05, 0) is 0 Å². The van der Waals surface area contributed by atoms with Crippen molar-refractivity contribution in [3.05, 3.63) is 0 Å². The van der Waals surface area contributed by atoms with E-state index in [0.717, 1.165) is 7.11 Å². The zero-order chi connectivity index (χ0) is 11.9.